The van der Waals surface area contributed by atoms with Gasteiger partial charge in [-0.1, -0.05) is 35.9 Å². The molecule has 1 aliphatic heterocycles. The maximum absolute atomic E-state index is 11.5. The standard InChI is InChI=1S/C23H24ClN3O/c1-15-5-8-21(25-11-15)23(28)10-9-17-12-27(14-19(17)23)13-18-7-6-16-3-2-4-20(24)22(16)26-18/h2-8,11,17,19,28H,9-10,12-14H2,1H3/t17-,19+,23-/m0/s1. The van der Waals surface area contributed by atoms with E-state index in [0.29, 0.717) is 10.9 Å². The van der Waals surface area contributed by atoms with Crippen LogP contribution in [0.15, 0.2) is 48.7 Å². The van der Waals surface area contributed by atoms with Gasteiger partial charge in [-0.2, -0.15) is 0 Å². The maximum Gasteiger partial charge on any atom is 0.111 e. The quantitative estimate of drug-likeness (QED) is 0.719. The first kappa shape index (κ1) is 18.0. The molecule has 1 saturated heterocycles. The summed E-state index contributed by atoms with van der Waals surface area (Å²) in [7, 11) is 0. The third-order valence-corrected chi connectivity index (χ3v) is 6.80. The molecule has 3 heterocycles. The van der Waals surface area contributed by atoms with Gasteiger partial charge < -0.3 is 5.11 Å². The SMILES string of the molecule is Cc1ccc([C@]2(O)CC[C@H]3CN(Cc4ccc5cccc(Cl)c5n4)C[C@H]32)nc1. The number of aryl methyl sites for hydroxylation is 1. The first-order valence-electron chi connectivity index (χ1n) is 9.95. The predicted octanol–water partition coefficient (Wildman–Crippen LogP) is 4.32. The number of benzene rings is 1. The van der Waals surface area contributed by atoms with Gasteiger partial charge in [0.1, 0.15) is 5.60 Å². The van der Waals surface area contributed by atoms with Crippen LogP contribution in [0.25, 0.3) is 10.9 Å². The average molecular weight is 394 g/mol. The Labute approximate surface area is 170 Å². The van der Waals surface area contributed by atoms with Crippen LogP contribution in [-0.4, -0.2) is 33.1 Å². The molecule has 0 amide bonds. The van der Waals surface area contributed by atoms with Crippen molar-refractivity contribution in [2.24, 2.45) is 11.8 Å². The molecule has 0 spiro atoms. The zero-order chi connectivity index (χ0) is 19.3. The van der Waals surface area contributed by atoms with E-state index >= 15 is 0 Å². The van der Waals surface area contributed by atoms with Gasteiger partial charge in [-0.3, -0.25) is 9.88 Å². The Morgan fingerprint density at radius 2 is 2.07 bits per heavy atom. The van der Waals surface area contributed by atoms with Crippen molar-refractivity contribution in [3.63, 3.8) is 0 Å². The Morgan fingerprint density at radius 1 is 1.18 bits per heavy atom. The first-order chi connectivity index (χ1) is 13.5. The van der Waals surface area contributed by atoms with Gasteiger partial charge in [0.25, 0.3) is 0 Å². The van der Waals surface area contributed by atoms with Gasteiger partial charge >= 0.3 is 0 Å². The van der Waals surface area contributed by atoms with Crippen LogP contribution in [0, 0.1) is 18.8 Å². The van der Waals surface area contributed by atoms with E-state index in [-0.39, 0.29) is 5.92 Å². The molecule has 0 unspecified atom stereocenters. The number of aromatic nitrogens is 2. The van der Waals surface area contributed by atoms with E-state index in [1.807, 2.05) is 43.5 Å². The van der Waals surface area contributed by atoms with Gasteiger partial charge in [0.2, 0.25) is 0 Å². The van der Waals surface area contributed by atoms with Gasteiger partial charge in [0.15, 0.2) is 0 Å². The summed E-state index contributed by atoms with van der Waals surface area (Å²) in [5, 5.41) is 13.2. The molecule has 2 aromatic heterocycles. The van der Waals surface area contributed by atoms with Crippen LogP contribution in [0.4, 0.5) is 0 Å². The molecule has 2 aliphatic rings. The molecule has 3 atom stereocenters. The second kappa shape index (κ2) is 6.80. The molecule has 1 saturated carbocycles. The molecule has 1 N–H and O–H groups in total. The first-order valence-corrected chi connectivity index (χ1v) is 10.3. The number of hydrogen-bond donors (Lipinski definition) is 1. The summed E-state index contributed by atoms with van der Waals surface area (Å²) in [4.78, 5) is 11.8. The number of likely N-dealkylation sites (tertiary alicyclic amines) is 1. The third-order valence-electron chi connectivity index (χ3n) is 6.50. The number of nitrogens with zero attached hydrogens (tertiary/aromatic N) is 3. The van der Waals surface area contributed by atoms with Gasteiger partial charge in [-0.05, 0) is 49.4 Å². The van der Waals surface area contributed by atoms with Crippen LogP contribution in [-0.2, 0) is 12.1 Å². The minimum Gasteiger partial charge on any atom is -0.383 e. The number of para-hydroxylation sites is 1. The highest BCUT2D eigenvalue weighted by Gasteiger charge is 2.53. The maximum atomic E-state index is 11.5. The molecule has 1 aromatic carbocycles. The number of rotatable bonds is 3. The van der Waals surface area contributed by atoms with Gasteiger partial charge in [0.05, 0.1) is 21.9 Å². The van der Waals surface area contributed by atoms with Crippen molar-refractivity contribution >= 4 is 22.5 Å². The molecule has 5 heteroatoms. The Balaban J connectivity index is 1.36. The van der Waals surface area contributed by atoms with E-state index in [1.54, 1.807) is 0 Å². The monoisotopic (exact) mass is 393 g/mol. The lowest BCUT2D eigenvalue weighted by Crippen LogP contribution is -2.35. The molecule has 3 aromatic rings. The van der Waals surface area contributed by atoms with Crippen molar-refractivity contribution in [3.8, 4) is 0 Å². The highest BCUT2D eigenvalue weighted by atomic mass is 35.5. The molecule has 28 heavy (non-hydrogen) atoms. The highest BCUT2D eigenvalue weighted by molar-refractivity contribution is 6.35. The van der Waals surface area contributed by atoms with E-state index in [2.05, 4.69) is 22.0 Å². The molecular weight excluding hydrogens is 370 g/mol. The largest absolute Gasteiger partial charge is 0.383 e. The molecule has 0 radical (unpaired) electrons. The van der Waals surface area contributed by atoms with Crippen LogP contribution < -0.4 is 0 Å². The predicted molar refractivity (Wildman–Crippen MR) is 111 cm³/mol. The van der Waals surface area contributed by atoms with E-state index < -0.39 is 5.60 Å². The summed E-state index contributed by atoms with van der Waals surface area (Å²) >= 11 is 6.32. The normalized spacial score (nSPS) is 27.4. The van der Waals surface area contributed by atoms with E-state index in [4.69, 9.17) is 16.6 Å². The van der Waals surface area contributed by atoms with E-state index in [0.717, 1.165) is 60.3 Å². The van der Waals surface area contributed by atoms with E-state index in [9.17, 15) is 5.11 Å². The fourth-order valence-corrected chi connectivity index (χ4v) is 5.25. The Morgan fingerprint density at radius 3 is 2.89 bits per heavy atom. The molecule has 144 valence electrons. The van der Waals surface area contributed by atoms with Gasteiger partial charge in [0, 0.05) is 37.1 Å². The van der Waals surface area contributed by atoms with Crippen LogP contribution in [0.2, 0.25) is 5.02 Å². The van der Waals surface area contributed by atoms with Crippen molar-refractivity contribution in [2.75, 3.05) is 13.1 Å². The molecule has 5 rings (SSSR count). The molecule has 1 aliphatic carbocycles. The molecule has 0 bridgehead atoms. The fourth-order valence-electron chi connectivity index (χ4n) is 5.02. The van der Waals surface area contributed by atoms with E-state index in [1.165, 1.54) is 0 Å². The fraction of sp³-hybridized carbons (Fsp3) is 0.391. The zero-order valence-corrected chi connectivity index (χ0v) is 16.7. The highest BCUT2D eigenvalue weighted by Crippen LogP contribution is 2.50. The van der Waals surface area contributed by atoms with Crippen molar-refractivity contribution in [1.82, 2.24) is 14.9 Å². The lowest BCUT2D eigenvalue weighted by molar-refractivity contribution is -0.0109. The summed E-state index contributed by atoms with van der Waals surface area (Å²) in [5.74, 6) is 0.740. The van der Waals surface area contributed by atoms with Crippen molar-refractivity contribution in [3.05, 3.63) is 70.6 Å². The van der Waals surface area contributed by atoms with Crippen LogP contribution in [0.5, 0.6) is 0 Å². The van der Waals surface area contributed by atoms with Gasteiger partial charge in [-0.15, -0.1) is 0 Å². The Bertz CT molecular complexity index is 1020. The van der Waals surface area contributed by atoms with Crippen LogP contribution >= 0.6 is 11.6 Å². The molecular formula is C23H24ClN3O. The smallest absolute Gasteiger partial charge is 0.111 e. The number of fused-ring (bicyclic) bond motifs is 2. The number of halogens is 1. The van der Waals surface area contributed by atoms with Crippen molar-refractivity contribution in [2.45, 2.75) is 31.9 Å². The van der Waals surface area contributed by atoms with Crippen LogP contribution in [0.1, 0.15) is 29.8 Å². The lowest BCUT2D eigenvalue weighted by Gasteiger charge is -2.29. The van der Waals surface area contributed by atoms with Gasteiger partial charge in [-0.25, -0.2) is 4.98 Å². The Kier molecular flexibility index (Phi) is 4.38. The second-order valence-corrected chi connectivity index (χ2v) is 8.77. The lowest BCUT2D eigenvalue weighted by atomic mass is 9.85. The summed E-state index contributed by atoms with van der Waals surface area (Å²) in [6.07, 6.45) is 3.70. The Hall–Kier alpha value is -2.01. The number of aliphatic hydroxyl groups is 1. The summed E-state index contributed by atoms with van der Waals surface area (Å²) in [6, 6.07) is 14.1. The summed E-state index contributed by atoms with van der Waals surface area (Å²) in [6.45, 7) is 4.68. The molecule has 2 fully saturated rings. The molecule has 4 nitrogen and oxygen atoms in total. The van der Waals surface area contributed by atoms with Crippen molar-refractivity contribution in [1.29, 1.82) is 0 Å². The average Bonchev–Trinajstić information content (AvgIpc) is 3.23. The second-order valence-electron chi connectivity index (χ2n) is 8.36. The minimum absolute atomic E-state index is 0.228. The van der Waals surface area contributed by atoms with Crippen molar-refractivity contribution < 1.29 is 5.11 Å². The van der Waals surface area contributed by atoms with Crippen LogP contribution in [0.3, 0.4) is 0 Å². The summed E-state index contributed by atoms with van der Waals surface area (Å²) in [5.41, 5.74) is 3.02. The topological polar surface area (TPSA) is 49.2 Å². The number of pyridine rings is 2. The third kappa shape index (κ3) is 3.00. The zero-order valence-electron chi connectivity index (χ0n) is 16.0. The minimum atomic E-state index is -0.812. The summed E-state index contributed by atoms with van der Waals surface area (Å²) < 4.78 is 0. The number of hydrogen-bond acceptors (Lipinski definition) is 4.